The number of hydrogen-bond donors (Lipinski definition) is 1. The minimum Gasteiger partial charge on any atom is -0.467 e. The van der Waals surface area contributed by atoms with Gasteiger partial charge in [-0.05, 0) is 24.3 Å². The lowest BCUT2D eigenvalue weighted by atomic mass is 10.2. The van der Waals surface area contributed by atoms with Crippen LogP contribution in [0.25, 0.3) is 0 Å². The molecule has 1 amide bonds. The Morgan fingerprint density at radius 3 is 2.74 bits per heavy atom. The number of hydrogen-bond acceptors (Lipinski definition) is 5. The predicted molar refractivity (Wildman–Crippen MR) is 88.1 cm³/mol. The molecule has 0 unspecified atom stereocenters. The van der Waals surface area contributed by atoms with E-state index < -0.39 is 0 Å². The topological polar surface area (TPSA) is 61.6 Å². The van der Waals surface area contributed by atoms with Crippen LogP contribution < -0.4 is 10.2 Å². The fraction of sp³-hybridized carbons (Fsp3) is 0.412. The maximum Gasteiger partial charge on any atom is 0.221 e. The Kier molecular flexibility index (Phi) is 5.26. The van der Waals surface area contributed by atoms with Crippen molar-refractivity contribution in [2.24, 2.45) is 0 Å². The first-order chi connectivity index (χ1) is 11.3. The standard InChI is InChI=1S/C17H22N4O2/c22-17(19-14-15-4-3-13-23-15)6-8-20-9-11-21(12-10-20)16-5-1-2-7-18-16/h1-5,7,13H,6,8-12,14H2,(H,19,22). The van der Waals surface area contributed by atoms with Crippen LogP contribution in [0.2, 0.25) is 0 Å². The summed E-state index contributed by atoms with van der Waals surface area (Å²) < 4.78 is 5.20. The third-order valence-electron chi connectivity index (χ3n) is 4.04. The molecule has 0 aliphatic carbocycles. The highest BCUT2D eigenvalue weighted by atomic mass is 16.3. The fourth-order valence-electron chi connectivity index (χ4n) is 2.69. The first kappa shape index (κ1) is 15.6. The largest absolute Gasteiger partial charge is 0.467 e. The third kappa shape index (κ3) is 4.56. The highest BCUT2D eigenvalue weighted by Crippen LogP contribution is 2.12. The van der Waals surface area contributed by atoms with Gasteiger partial charge in [0.1, 0.15) is 11.6 Å². The number of piperazine rings is 1. The quantitative estimate of drug-likeness (QED) is 0.875. The zero-order valence-electron chi connectivity index (χ0n) is 13.1. The highest BCUT2D eigenvalue weighted by Gasteiger charge is 2.18. The molecule has 0 bridgehead atoms. The second kappa shape index (κ2) is 7.78. The minimum absolute atomic E-state index is 0.0635. The highest BCUT2D eigenvalue weighted by molar-refractivity contribution is 5.75. The lowest BCUT2D eigenvalue weighted by Gasteiger charge is -2.35. The number of rotatable bonds is 6. The summed E-state index contributed by atoms with van der Waals surface area (Å²) in [6, 6.07) is 9.66. The van der Waals surface area contributed by atoms with Crippen molar-refractivity contribution in [2.75, 3.05) is 37.6 Å². The lowest BCUT2D eigenvalue weighted by molar-refractivity contribution is -0.121. The molecule has 1 fully saturated rings. The van der Waals surface area contributed by atoms with Crippen molar-refractivity contribution in [2.45, 2.75) is 13.0 Å². The maximum absolute atomic E-state index is 11.9. The summed E-state index contributed by atoms with van der Waals surface area (Å²) in [4.78, 5) is 20.9. The second-order valence-corrected chi connectivity index (χ2v) is 5.62. The van der Waals surface area contributed by atoms with E-state index in [-0.39, 0.29) is 5.91 Å². The van der Waals surface area contributed by atoms with Crippen molar-refractivity contribution in [3.63, 3.8) is 0 Å². The Hall–Kier alpha value is -2.34. The summed E-state index contributed by atoms with van der Waals surface area (Å²) in [5, 5.41) is 2.88. The Labute approximate surface area is 136 Å². The van der Waals surface area contributed by atoms with Crippen LogP contribution in [0.4, 0.5) is 5.82 Å². The number of amides is 1. The van der Waals surface area contributed by atoms with E-state index in [1.165, 1.54) is 0 Å². The van der Waals surface area contributed by atoms with Crippen molar-refractivity contribution >= 4 is 11.7 Å². The van der Waals surface area contributed by atoms with E-state index in [2.05, 4.69) is 20.1 Å². The normalized spacial score (nSPS) is 15.6. The number of carbonyl (C=O) groups is 1. The molecule has 6 nitrogen and oxygen atoms in total. The molecule has 3 heterocycles. The Morgan fingerprint density at radius 1 is 1.17 bits per heavy atom. The SMILES string of the molecule is O=C(CCN1CCN(c2ccccn2)CC1)NCc1ccco1. The van der Waals surface area contributed by atoms with Gasteiger partial charge in [0.25, 0.3) is 0 Å². The Morgan fingerprint density at radius 2 is 2.04 bits per heavy atom. The number of pyridine rings is 1. The van der Waals surface area contributed by atoms with Crippen LogP contribution in [0.1, 0.15) is 12.2 Å². The summed E-state index contributed by atoms with van der Waals surface area (Å²) in [5.74, 6) is 1.87. The number of carbonyl (C=O) groups excluding carboxylic acids is 1. The van der Waals surface area contributed by atoms with Gasteiger partial charge < -0.3 is 14.6 Å². The van der Waals surface area contributed by atoms with Gasteiger partial charge in [0.2, 0.25) is 5.91 Å². The molecule has 1 aliphatic heterocycles. The molecule has 2 aromatic heterocycles. The van der Waals surface area contributed by atoms with Crippen molar-refractivity contribution in [3.05, 3.63) is 48.6 Å². The molecule has 1 N–H and O–H groups in total. The predicted octanol–water partition coefficient (Wildman–Crippen LogP) is 1.50. The van der Waals surface area contributed by atoms with Crippen LogP contribution in [-0.2, 0) is 11.3 Å². The Bertz CT molecular complexity index is 592. The molecule has 0 spiro atoms. The zero-order chi connectivity index (χ0) is 15.9. The molecule has 1 aliphatic rings. The number of furan rings is 1. The van der Waals surface area contributed by atoms with Crippen molar-refractivity contribution in [1.82, 2.24) is 15.2 Å². The van der Waals surface area contributed by atoms with Gasteiger partial charge >= 0.3 is 0 Å². The van der Waals surface area contributed by atoms with Crippen LogP contribution >= 0.6 is 0 Å². The molecule has 0 saturated carbocycles. The van der Waals surface area contributed by atoms with E-state index in [0.29, 0.717) is 13.0 Å². The van der Waals surface area contributed by atoms with Crippen LogP contribution in [0.15, 0.2) is 47.2 Å². The second-order valence-electron chi connectivity index (χ2n) is 5.62. The van der Waals surface area contributed by atoms with Gasteiger partial charge in [-0.2, -0.15) is 0 Å². The van der Waals surface area contributed by atoms with Crippen molar-refractivity contribution in [3.8, 4) is 0 Å². The lowest BCUT2D eigenvalue weighted by Crippen LogP contribution is -2.47. The molecule has 3 rings (SSSR count). The fourth-order valence-corrected chi connectivity index (χ4v) is 2.69. The Balaban J connectivity index is 1.35. The van der Waals surface area contributed by atoms with E-state index in [4.69, 9.17) is 4.42 Å². The summed E-state index contributed by atoms with van der Waals surface area (Å²) >= 11 is 0. The van der Waals surface area contributed by atoms with Crippen LogP contribution in [0.3, 0.4) is 0 Å². The van der Waals surface area contributed by atoms with Gasteiger partial charge in [-0.15, -0.1) is 0 Å². The van der Waals surface area contributed by atoms with E-state index in [0.717, 1.165) is 44.3 Å². The molecule has 0 aromatic carbocycles. The smallest absolute Gasteiger partial charge is 0.221 e. The molecule has 0 radical (unpaired) electrons. The van der Waals surface area contributed by atoms with Gasteiger partial charge in [0.05, 0.1) is 12.8 Å². The molecule has 1 saturated heterocycles. The molecule has 0 atom stereocenters. The van der Waals surface area contributed by atoms with Gasteiger partial charge in [0, 0.05) is 45.3 Å². The number of nitrogens with one attached hydrogen (secondary N) is 1. The average Bonchev–Trinajstić information content (AvgIpc) is 3.13. The number of aromatic nitrogens is 1. The van der Waals surface area contributed by atoms with E-state index >= 15 is 0 Å². The first-order valence-electron chi connectivity index (χ1n) is 7.99. The molecular formula is C17H22N4O2. The van der Waals surface area contributed by atoms with Crippen molar-refractivity contribution in [1.29, 1.82) is 0 Å². The van der Waals surface area contributed by atoms with Crippen LogP contribution in [0, 0.1) is 0 Å². The minimum atomic E-state index is 0.0635. The summed E-state index contributed by atoms with van der Waals surface area (Å²) in [5.41, 5.74) is 0. The van der Waals surface area contributed by atoms with E-state index in [1.54, 1.807) is 6.26 Å². The van der Waals surface area contributed by atoms with Gasteiger partial charge in [-0.1, -0.05) is 6.07 Å². The third-order valence-corrected chi connectivity index (χ3v) is 4.04. The summed E-state index contributed by atoms with van der Waals surface area (Å²) in [6.07, 6.45) is 3.96. The van der Waals surface area contributed by atoms with Gasteiger partial charge in [0.15, 0.2) is 0 Å². The molecule has 122 valence electrons. The monoisotopic (exact) mass is 314 g/mol. The van der Waals surface area contributed by atoms with Gasteiger partial charge in [-0.25, -0.2) is 4.98 Å². The molecular weight excluding hydrogens is 292 g/mol. The van der Waals surface area contributed by atoms with Gasteiger partial charge in [-0.3, -0.25) is 9.69 Å². The molecule has 23 heavy (non-hydrogen) atoms. The summed E-state index contributed by atoms with van der Waals surface area (Å²) in [6.45, 7) is 5.07. The maximum atomic E-state index is 11.9. The average molecular weight is 314 g/mol. The summed E-state index contributed by atoms with van der Waals surface area (Å²) in [7, 11) is 0. The van der Waals surface area contributed by atoms with Crippen molar-refractivity contribution < 1.29 is 9.21 Å². The van der Waals surface area contributed by atoms with E-state index in [9.17, 15) is 4.79 Å². The molecule has 2 aromatic rings. The zero-order valence-corrected chi connectivity index (χ0v) is 13.1. The van der Waals surface area contributed by atoms with Crippen LogP contribution in [-0.4, -0.2) is 48.5 Å². The number of anilines is 1. The molecule has 6 heteroatoms. The first-order valence-corrected chi connectivity index (χ1v) is 7.99. The number of nitrogens with zero attached hydrogens (tertiary/aromatic N) is 3. The van der Waals surface area contributed by atoms with Crippen LogP contribution in [0.5, 0.6) is 0 Å². The van der Waals surface area contributed by atoms with E-state index in [1.807, 2.05) is 36.5 Å².